The third kappa shape index (κ3) is 4.59. The largest absolute Gasteiger partial charge is 0.448 e. The molecule has 144 valence electrons. The van der Waals surface area contributed by atoms with Gasteiger partial charge in [-0.2, -0.15) is 0 Å². The summed E-state index contributed by atoms with van der Waals surface area (Å²) >= 11 is 1.51. The number of anilines is 1. The lowest BCUT2D eigenvalue weighted by Crippen LogP contribution is -2.30. The number of amides is 1. The molecule has 1 atom stereocenters. The zero-order chi connectivity index (χ0) is 19.6. The van der Waals surface area contributed by atoms with Crippen molar-refractivity contribution in [1.29, 1.82) is 0 Å². The first-order valence-corrected chi connectivity index (χ1v) is 10.4. The lowest BCUT2D eigenvalue weighted by molar-refractivity contribution is -0.123. The van der Waals surface area contributed by atoms with Crippen LogP contribution in [0.5, 0.6) is 0 Å². The second kappa shape index (κ2) is 8.26. The van der Waals surface area contributed by atoms with Crippen molar-refractivity contribution >= 4 is 28.9 Å². The average molecular weight is 386 g/mol. The van der Waals surface area contributed by atoms with Gasteiger partial charge in [-0.3, -0.25) is 4.79 Å². The van der Waals surface area contributed by atoms with Crippen molar-refractivity contribution in [2.45, 2.75) is 65.9 Å². The number of carbonyl (C=O) groups is 2. The molecule has 5 heteroatoms. The molecule has 1 aliphatic carbocycles. The summed E-state index contributed by atoms with van der Waals surface area (Å²) in [5.74, 6) is -0.718. The highest BCUT2D eigenvalue weighted by molar-refractivity contribution is 7.14. The monoisotopic (exact) mass is 385 g/mol. The van der Waals surface area contributed by atoms with E-state index in [1.165, 1.54) is 41.0 Å². The number of nitrogens with one attached hydrogen (secondary N) is 1. The molecule has 4 nitrogen and oxygen atoms in total. The summed E-state index contributed by atoms with van der Waals surface area (Å²) in [6.45, 7) is 7.57. The number of rotatable bonds is 4. The van der Waals surface area contributed by atoms with Crippen LogP contribution in [0.4, 0.5) is 5.69 Å². The first kappa shape index (κ1) is 19.6. The van der Waals surface area contributed by atoms with E-state index in [0.29, 0.717) is 4.88 Å². The minimum absolute atomic E-state index is 0.309. The van der Waals surface area contributed by atoms with Crippen LogP contribution in [-0.4, -0.2) is 18.0 Å². The van der Waals surface area contributed by atoms with Crippen molar-refractivity contribution in [3.05, 3.63) is 50.2 Å². The van der Waals surface area contributed by atoms with Crippen LogP contribution < -0.4 is 5.32 Å². The summed E-state index contributed by atoms with van der Waals surface area (Å²) in [7, 11) is 0. The van der Waals surface area contributed by atoms with Gasteiger partial charge in [-0.1, -0.05) is 24.1 Å². The van der Waals surface area contributed by atoms with E-state index in [2.05, 4.69) is 5.32 Å². The molecule has 2 aromatic rings. The molecule has 0 fully saturated rings. The maximum atomic E-state index is 12.5. The molecule has 27 heavy (non-hydrogen) atoms. The summed E-state index contributed by atoms with van der Waals surface area (Å²) in [6.07, 6.45) is 4.81. The highest BCUT2D eigenvalue weighted by Crippen LogP contribution is 2.29. The van der Waals surface area contributed by atoms with Crippen LogP contribution in [0.2, 0.25) is 0 Å². The zero-order valence-electron chi connectivity index (χ0n) is 16.5. The Labute approximate surface area is 164 Å². The lowest BCUT2D eigenvalue weighted by Gasteiger charge is -2.16. The Morgan fingerprint density at radius 1 is 1.04 bits per heavy atom. The quantitative estimate of drug-likeness (QED) is 0.587. The van der Waals surface area contributed by atoms with Gasteiger partial charge < -0.3 is 10.1 Å². The molecule has 0 saturated carbocycles. The number of ether oxygens (including phenoxy) is 1. The Balaban J connectivity index is 1.65. The fraction of sp³-hybridized carbons (Fsp3) is 0.455. The van der Waals surface area contributed by atoms with Gasteiger partial charge in [-0.25, -0.2) is 4.79 Å². The predicted molar refractivity (Wildman–Crippen MR) is 110 cm³/mol. The van der Waals surface area contributed by atoms with E-state index in [4.69, 9.17) is 4.74 Å². The van der Waals surface area contributed by atoms with E-state index < -0.39 is 12.1 Å². The number of hydrogen-bond donors (Lipinski definition) is 1. The van der Waals surface area contributed by atoms with Crippen LogP contribution in [0.15, 0.2) is 18.2 Å². The van der Waals surface area contributed by atoms with E-state index in [9.17, 15) is 9.59 Å². The lowest BCUT2D eigenvalue weighted by atomic mass is 10.0. The third-order valence-electron chi connectivity index (χ3n) is 5.03. The molecule has 0 saturated heterocycles. The van der Waals surface area contributed by atoms with Gasteiger partial charge in [0.1, 0.15) is 4.88 Å². The molecular weight excluding hydrogens is 358 g/mol. The molecule has 1 amide bonds. The summed E-state index contributed by atoms with van der Waals surface area (Å²) in [6, 6.07) is 6.00. The summed E-state index contributed by atoms with van der Waals surface area (Å²) in [5.41, 5.74) is 5.21. The molecule has 0 spiro atoms. The average Bonchev–Trinajstić information content (AvgIpc) is 2.88. The van der Waals surface area contributed by atoms with Crippen molar-refractivity contribution < 1.29 is 14.3 Å². The molecule has 1 aromatic carbocycles. The molecular formula is C22H27NO3S. The number of hydrogen-bond acceptors (Lipinski definition) is 4. The van der Waals surface area contributed by atoms with Crippen LogP contribution in [-0.2, 0) is 22.4 Å². The van der Waals surface area contributed by atoms with Gasteiger partial charge in [0.15, 0.2) is 6.10 Å². The number of fused-ring (bicyclic) bond motifs is 1. The Bertz CT molecular complexity index is 822. The highest BCUT2D eigenvalue weighted by atomic mass is 32.1. The first-order valence-electron chi connectivity index (χ1n) is 9.56. The van der Waals surface area contributed by atoms with Gasteiger partial charge in [0.05, 0.1) is 0 Å². The molecule has 3 rings (SSSR count). The standard InChI is InChI=1S/C22H27NO3S/c1-13-10-14(2)20(15(3)11-13)23-21(24)16(4)26-22(25)19-12-17-8-6-5-7-9-18(17)27-19/h10-12,16H,5-9H2,1-4H3,(H,23,24). The predicted octanol–water partition coefficient (Wildman–Crippen LogP) is 5.13. The van der Waals surface area contributed by atoms with Crippen molar-refractivity contribution in [2.75, 3.05) is 5.32 Å². The highest BCUT2D eigenvalue weighted by Gasteiger charge is 2.23. The SMILES string of the molecule is Cc1cc(C)c(NC(=O)C(C)OC(=O)c2cc3c(s2)CCCCC3)c(C)c1. The van der Waals surface area contributed by atoms with E-state index in [1.807, 2.05) is 39.0 Å². The molecule has 0 aliphatic heterocycles. The summed E-state index contributed by atoms with van der Waals surface area (Å²) < 4.78 is 5.44. The second-order valence-corrected chi connectivity index (χ2v) is 8.57. The summed E-state index contributed by atoms with van der Waals surface area (Å²) in [5, 5.41) is 2.91. The van der Waals surface area contributed by atoms with Crippen LogP contribution in [0, 0.1) is 20.8 Å². The van der Waals surface area contributed by atoms with E-state index in [0.717, 1.165) is 35.2 Å². The van der Waals surface area contributed by atoms with E-state index in [-0.39, 0.29) is 5.91 Å². The minimum Gasteiger partial charge on any atom is -0.448 e. The van der Waals surface area contributed by atoms with Crippen molar-refractivity contribution in [2.24, 2.45) is 0 Å². The van der Waals surface area contributed by atoms with Crippen LogP contribution in [0.3, 0.4) is 0 Å². The molecule has 1 unspecified atom stereocenters. The minimum atomic E-state index is -0.848. The Morgan fingerprint density at radius 2 is 1.70 bits per heavy atom. The van der Waals surface area contributed by atoms with Gasteiger partial charge in [-0.05, 0) is 76.1 Å². The fourth-order valence-electron chi connectivity index (χ4n) is 3.64. The Kier molecular flexibility index (Phi) is 6.00. The Hall–Kier alpha value is -2.14. The molecule has 1 aliphatic rings. The molecule has 1 heterocycles. The smallest absolute Gasteiger partial charge is 0.349 e. The van der Waals surface area contributed by atoms with Gasteiger partial charge in [0.25, 0.3) is 5.91 Å². The second-order valence-electron chi connectivity index (χ2n) is 7.43. The van der Waals surface area contributed by atoms with Gasteiger partial charge in [0.2, 0.25) is 0 Å². The van der Waals surface area contributed by atoms with E-state index >= 15 is 0 Å². The van der Waals surface area contributed by atoms with Crippen molar-refractivity contribution in [3.63, 3.8) is 0 Å². The molecule has 1 N–H and O–H groups in total. The van der Waals surface area contributed by atoms with Crippen molar-refractivity contribution in [1.82, 2.24) is 0 Å². The van der Waals surface area contributed by atoms with Gasteiger partial charge >= 0.3 is 5.97 Å². The number of benzene rings is 1. The normalized spacial score (nSPS) is 14.8. The number of aryl methyl sites for hydroxylation is 5. The summed E-state index contributed by atoms with van der Waals surface area (Å²) in [4.78, 5) is 26.9. The van der Waals surface area contributed by atoms with Crippen LogP contribution in [0.25, 0.3) is 0 Å². The van der Waals surface area contributed by atoms with E-state index in [1.54, 1.807) is 6.92 Å². The maximum absolute atomic E-state index is 12.5. The van der Waals surface area contributed by atoms with Crippen molar-refractivity contribution in [3.8, 4) is 0 Å². The zero-order valence-corrected chi connectivity index (χ0v) is 17.3. The first-order chi connectivity index (χ1) is 12.8. The number of esters is 1. The molecule has 0 radical (unpaired) electrons. The molecule has 0 bridgehead atoms. The fourth-order valence-corrected chi connectivity index (χ4v) is 4.78. The topological polar surface area (TPSA) is 55.4 Å². The molecule has 1 aromatic heterocycles. The third-order valence-corrected chi connectivity index (χ3v) is 6.24. The number of carbonyl (C=O) groups excluding carboxylic acids is 2. The Morgan fingerprint density at radius 3 is 2.41 bits per heavy atom. The number of thiophene rings is 1. The van der Waals surface area contributed by atoms with Gasteiger partial charge in [0, 0.05) is 10.6 Å². The van der Waals surface area contributed by atoms with Crippen LogP contribution >= 0.6 is 11.3 Å². The van der Waals surface area contributed by atoms with Gasteiger partial charge in [-0.15, -0.1) is 11.3 Å². The van der Waals surface area contributed by atoms with Crippen LogP contribution in [0.1, 0.15) is 63.0 Å². The maximum Gasteiger partial charge on any atom is 0.349 e.